The van der Waals surface area contributed by atoms with Gasteiger partial charge in [0.2, 0.25) is 5.91 Å². The molecule has 11 heteroatoms. The molecule has 1 aromatic heterocycles. The van der Waals surface area contributed by atoms with E-state index in [0.29, 0.717) is 30.4 Å². The third-order valence-corrected chi connectivity index (χ3v) is 8.00. The number of carbonyl (C=O) groups is 3. The predicted octanol–water partition coefficient (Wildman–Crippen LogP) is 4.28. The fourth-order valence-electron chi connectivity index (χ4n) is 4.79. The molecule has 7 N–H and O–H groups in total. The minimum Gasteiger partial charge on any atom is -0.403 e. The highest BCUT2D eigenvalue weighted by Crippen LogP contribution is 2.29. The Kier molecular flexibility index (Phi) is 16.3. The summed E-state index contributed by atoms with van der Waals surface area (Å²) in [6.07, 6.45) is 12.0. The van der Waals surface area contributed by atoms with Crippen molar-refractivity contribution in [3.05, 3.63) is 66.6 Å². The lowest BCUT2D eigenvalue weighted by molar-refractivity contribution is -0.125. The van der Waals surface area contributed by atoms with Gasteiger partial charge in [0.15, 0.2) is 0 Å². The van der Waals surface area contributed by atoms with E-state index < -0.39 is 17.9 Å². The molecular weight excluding hydrogens is 550 g/mol. The Morgan fingerprint density at radius 1 is 1.10 bits per heavy atom. The van der Waals surface area contributed by atoms with Crippen LogP contribution in [0.2, 0.25) is 0 Å². The van der Waals surface area contributed by atoms with Gasteiger partial charge in [-0.2, -0.15) is 0 Å². The first kappa shape index (κ1) is 34.8. The van der Waals surface area contributed by atoms with Crippen molar-refractivity contribution in [2.45, 2.75) is 82.7 Å². The number of para-hydroxylation sites is 1. The topological polar surface area (TPSA) is 161 Å². The second kappa shape index (κ2) is 19.7. The quantitative estimate of drug-likeness (QED) is 0.136. The second-order valence-corrected chi connectivity index (χ2v) is 11.1. The number of carbonyl (C=O) groups excluding carboxylic acids is 3. The number of benzene rings is 1. The van der Waals surface area contributed by atoms with E-state index in [1.807, 2.05) is 38.1 Å². The molecule has 1 aromatic carbocycles. The van der Waals surface area contributed by atoms with Crippen LogP contribution in [0.1, 0.15) is 71.6 Å². The average molecular weight is 598 g/mol. The van der Waals surface area contributed by atoms with Crippen LogP contribution in [0.5, 0.6) is 0 Å². The number of nitrogens with one attached hydrogen (secondary N) is 1. The summed E-state index contributed by atoms with van der Waals surface area (Å²) in [5, 5.41) is 4.81. The number of hydrazine groups is 1. The van der Waals surface area contributed by atoms with E-state index in [4.69, 9.17) is 17.3 Å². The molecule has 1 saturated heterocycles. The molecule has 2 amide bonds. The zero-order chi connectivity index (χ0) is 30.7. The van der Waals surface area contributed by atoms with E-state index in [-0.39, 0.29) is 5.70 Å². The molecule has 0 radical (unpaired) electrons. The summed E-state index contributed by atoms with van der Waals surface area (Å²) in [6.45, 7) is 5.54. The smallest absolute Gasteiger partial charge is 0.271 e. The van der Waals surface area contributed by atoms with E-state index in [1.165, 1.54) is 30.7 Å². The maximum absolute atomic E-state index is 12.5. The Morgan fingerprint density at radius 3 is 2.40 bits per heavy atom. The SMILES string of the molecule is CC.N/C=C(/C(=O)NC(CCC1CCCC1)C(N)=O)N(N)c1ccccc1.O=C1CCCCN(Sc2ccccn2)C1. The molecule has 230 valence electrons. The monoisotopic (exact) mass is 597 g/mol. The van der Waals surface area contributed by atoms with E-state index in [0.717, 1.165) is 43.5 Å². The van der Waals surface area contributed by atoms with Crippen molar-refractivity contribution in [3.63, 3.8) is 0 Å². The van der Waals surface area contributed by atoms with Gasteiger partial charge in [-0.15, -0.1) is 0 Å². The van der Waals surface area contributed by atoms with Crippen LogP contribution in [-0.2, 0) is 14.4 Å². The molecule has 2 heterocycles. The van der Waals surface area contributed by atoms with Crippen molar-refractivity contribution >= 4 is 35.2 Å². The molecule has 2 aliphatic rings. The van der Waals surface area contributed by atoms with Gasteiger partial charge in [0.25, 0.3) is 5.91 Å². The largest absolute Gasteiger partial charge is 0.403 e. The van der Waals surface area contributed by atoms with Gasteiger partial charge in [-0.3, -0.25) is 19.4 Å². The van der Waals surface area contributed by atoms with Gasteiger partial charge in [-0.05, 0) is 67.8 Å². The minimum atomic E-state index is -0.729. The molecule has 2 fully saturated rings. The van der Waals surface area contributed by atoms with Crippen molar-refractivity contribution in [2.24, 2.45) is 23.2 Å². The summed E-state index contributed by atoms with van der Waals surface area (Å²) in [5.74, 6) is 5.86. The lowest BCUT2D eigenvalue weighted by atomic mass is 9.98. The van der Waals surface area contributed by atoms with Crippen LogP contribution >= 0.6 is 11.9 Å². The Labute approximate surface area is 254 Å². The molecule has 1 saturated carbocycles. The summed E-state index contributed by atoms with van der Waals surface area (Å²) >= 11 is 1.58. The number of pyridine rings is 1. The highest BCUT2D eigenvalue weighted by Gasteiger charge is 2.25. The fraction of sp³-hybridized carbons (Fsp3) is 0.484. The van der Waals surface area contributed by atoms with Crippen LogP contribution in [0.15, 0.2) is 71.7 Å². The van der Waals surface area contributed by atoms with E-state index in [1.54, 1.807) is 42.4 Å². The maximum atomic E-state index is 12.5. The third-order valence-electron chi connectivity index (χ3n) is 7.00. The molecule has 42 heavy (non-hydrogen) atoms. The van der Waals surface area contributed by atoms with Gasteiger partial charge in [0.05, 0.1) is 12.2 Å². The zero-order valence-corrected chi connectivity index (χ0v) is 25.7. The number of amides is 2. The number of primary amides is 1. The summed E-state index contributed by atoms with van der Waals surface area (Å²) in [5.41, 5.74) is 11.7. The van der Waals surface area contributed by atoms with Crippen LogP contribution in [0.3, 0.4) is 0 Å². The van der Waals surface area contributed by atoms with E-state index in [9.17, 15) is 14.4 Å². The van der Waals surface area contributed by atoms with E-state index in [2.05, 4.69) is 14.6 Å². The maximum Gasteiger partial charge on any atom is 0.271 e. The number of aromatic nitrogens is 1. The number of hydrogen-bond acceptors (Lipinski definition) is 9. The van der Waals surface area contributed by atoms with Crippen LogP contribution in [0, 0.1) is 5.92 Å². The van der Waals surface area contributed by atoms with Gasteiger partial charge in [-0.1, -0.05) is 63.8 Å². The predicted molar refractivity (Wildman–Crippen MR) is 170 cm³/mol. The normalized spacial score (nSPS) is 16.6. The van der Waals surface area contributed by atoms with Gasteiger partial charge < -0.3 is 16.8 Å². The van der Waals surface area contributed by atoms with Crippen LogP contribution in [0.25, 0.3) is 0 Å². The van der Waals surface area contributed by atoms with Crippen molar-refractivity contribution in [3.8, 4) is 0 Å². The lowest BCUT2D eigenvalue weighted by Crippen LogP contribution is -2.48. The molecule has 2 aromatic rings. The van der Waals surface area contributed by atoms with Crippen LogP contribution in [0.4, 0.5) is 5.69 Å². The summed E-state index contributed by atoms with van der Waals surface area (Å²) in [4.78, 5) is 39.9. The standard InChI is InChI=1S/C18H27N5O2.C11H14N2OS.C2H6/c19-12-16(23(21)14-8-2-1-3-9-14)18(25)22-15(17(20)24)11-10-13-6-4-5-7-13;14-10-5-2-4-8-13(9-10)15-11-6-1-3-7-12-11;1-2/h1-3,8-9,12-13,15H,4-7,10-11,19,21H2,(H2,20,24)(H,22,25);1,3,6-7H,2,4-5,8-9H2;1-2H3/b16-12-;;. The zero-order valence-electron chi connectivity index (χ0n) is 24.9. The molecule has 0 bridgehead atoms. The van der Waals surface area contributed by atoms with Gasteiger partial charge in [0, 0.05) is 25.4 Å². The Hall–Kier alpha value is -3.41. The Morgan fingerprint density at radius 2 is 1.79 bits per heavy atom. The molecular formula is C31H47N7O3S. The van der Waals surface area contributed by atoms with Crippen LogP contribution in [-0.4, -0.2) is 46.0 Å². The molecule has 1 unspecified atom stereocenters. The number of anilines is 1. The van der Waals surface area contributed by atoms with Crippen molar-refractivity contribution in [1.82, 2.24) is 14.6 Å². The highest BCUT2D eigenvalue weighted by molar-refractivity contribution is 7.97. The van der Waals surface area contributed by atoms with Crippen molar-refractivity contribution in [1.29, 1.82) is 0 Å². The lowest BCUT2D eigenvalue weighted by Gasteiger charge is -2.23. The number of Topliss-reactive ketones (excluding diaryl/α,β-unsaturated/α-hetero) is 1. The Balaban J connectivity index is 0.000000308. The highest BCUT2D eigenvalue weighted by atomic mass is 32.2. The molecule has 4 rings (SSSR count). The minimum absolute atomic E-state index is 0.0540. The third kappa shape index (κ3) is 12.2. The van der Waals surface area contributed by atoms with Crippen LogP contribution < -0.4 is 27.6 Å². The fourth-order valence-corrected chi connectivity index (χ4v) is 5.73. The number of rotatable bonds is 10. The summed E-state index contributed by atoms with van der Waals surface area (Å²) in [7, 11) is 0. The molecule has 1 aliphatic heterocycles. The number of hydrogen-bond donors (Lipinski definition) is 4. The molecule has 1 aliphatic carbocycles. The molecule has 1 atom stereocenters. The van der Waals surface area contributed by atoms with E-state index >= 15 is 0 Å². The van der Waals surface area contributed by atoms with Crippen molar-refractivity contribution in [2.75, 3.05) is 18.1 Å². The van der Waals surface area contributed by atoms with Gasteiger partial charge in [0.1, 0.15) is 22.5 Å². The average Bonchev–Trinajstić information content (AvgIpc) is 3.45. The first-order valence-corrected chi connectivity index (χ1v) is 15.6. The van der Waals surface area contributed by atoms with Crippen molar-refractivity contribution < 1.29 is 14.4 Å². The number of ketones is 1. The van der Waals surface area contributed by atoms with Gasteiger partial charge >= 0.3 is 0 Å². The number of nitrogens with two attached hydrogens (primary N) is 3. The summed E-state index contributed by atoms with van der Waals surface area (Å²) in [6, 6.07) is 14.1. The first-order valence-electron chi connectivity index (χ1n) is 14.8. The van der Waals surface area contributed by atoms with Gasteiger partial charge in [-0.25, -0.2) is 15.1 Å². The summed E-state index contributed by atoms with van der Waals surface area (Å²) < 4.78 is 2.11. The number of nitrogens with zero attached hydrogens (tertiary/aromatic N) is 3. The second-order valence-electron chi connectivity index (χ2n) is 10.0. The molecule has 10 nitrogen and oxygen atoms in total. The molecule has 0 spiro atoms. The Bertz CT molecular complexity index is 1110. The first-order chi connectivity index (χ1) is 20.4.